The fourth-order valence-corrected chi connectivity index (χ4v) is 4.14. The van der Waals surface area contributed by atoms with E-state index in [0.717, 1.165) is 23.4 Å². The molecular weight excluding hydrogens is 346 g/mol. The van der Waals surface area contributed by atoms with Crippen LogP contribution in [-0.4, -0.2) is 36.7 Å². The molecule has 1 unspecified atom stereocenters. The molecule has 28 heavy (non-hydrogen) atoms. The average molecular weight is 376 g/mol. The van der Waals surface area contributed by atoms with E-state index in [1.807, 2.05) is 24.3 Å². The normalized spacial score (nSPS) is 19.7. The average Bonchev–Trinajstić information content (AvgIpc) is 3.06. The highest BCUT2D eigenvalue weighted by atomic mass is 16.2. The zero-order valence-electron chi connectivity index (χ0n) is 16.4. The second-order valence-corrected chi connectivity index (χ2v) is 7.86. The first-order valence-electron chi connectivity index (χ1n) is 10.5. The standard InChI is InChI=1S/C24H29N3O/c28-24-22(21-9-2-3-10-23(21)26-24)18-25-20-13-11-19(12-14-20)8-4-7-17-27-15-5-1-6-16-27/h2-3,9-14,18,22H,1,4-8,15-17H2,(H,26,28). The topological polar surface area (TPSA) is 44.7 Å². The highest BCUT2D eigenvalue weighted by Crippen LogP contribution is 2.31. The van der Waals surface area contributed by atoms with E-state index >= 15 is 0 Å². The molecule has 1 N–H and O–H groups in total. The molecule has 1 saturated heterocycles. The minimum Gasteiger partial charge on any atom is -0.325 e. The Hall–Kier alpha value is -2.46. The quantitative estimate of drug-likeness (QED) is 0.551. The molecule has 2 aliphatic heterocycles. The van der Waals surface area contributed by atoms with Gasteiger partial charge in [0.25, 0.3) is 0 Å². The summed E-state index contributed by atoms with van der Waals surface area (Å²) in [5.41, 5.74) is 4.15. The Kier molecular flexibility index (Phi) is 6.17. The molecule has 2 aliphatic rings. The third-order valence-electron chi connectivity index (χ3n) is 5.78. The van der Waals surface area contributed by atoms with Crippen LogP contribution in [0.4, 0.5) is 11.4 Å². The fourth-order valence-electron chi connectivity index (χ4n) is 4.14. The molecule has 2 heterocycles. The smallest absolute Gasteiger partial charge is 0.237 e. The van der Waals surface area contributed by atoms with Crippen molar-refractivity contribution in [1.29, 1.82) is 0 Å². The number of carbonyl (C=O) groups excluding carboxylic acids is 1. The minimum absolute atomic E-state index is 0.00437. The van der Waals surface area contributed by atoms with Crippen LogP contribution in [0, 0.1) is 0 Å². The summed E-state index contributed by atoms with van der Waals surface area (Å²) in [5.74, 6) is -0.305. The molecule has 0 bridgehead atoms. The summed E-state index contributed by atoms with van der Waals surface area (Å²) < 4.78 is 0. The van der Waals surface area contributed by atoms with Gasteiger partial charge in [-0.3, -0.25) is 9.79 Å². The van der Waals surface area contributed by atoms with Gasteiger partial charge in [0.05, 0.1) is 5.69 Å². The summed E-state index contributed by atoms with van der Waals surface area (Å²) in [6, 6.07) is 16.2. The Morgan fingerprint density at radius 2 is 1.79 bits per heavy atom. The monoisotopic (exact) mass is 375 g/mol. The van der Waals surface area contributed by atoms with Crippen molar-refractivity contribution >= 4 is 23.5 Å². The third-order valence-corrected chi connectivity index (χ3v) is 5.78. The van der Waals surface area contributed by atoms with E-state index in [1.54, 1.807) is 6.21 Å². The molecule has 0 radical (unpaired) electrons. The van der Waals surface area contributed by atoms with Gasteiger partial charge in [-0.25, -0.2) is 0 Å². The maximum absolute atomic E-state index is 12.2. The Bertz CT molecular complexity index is 822. The van der Waals surface area contributed by atoms with Gasteiger partial charge in [0.1, 0.15) is 5.92 Å². The highest BCUT2D eigenvalue weighted by Gasteiger charge is 2.28. The van der Waals surface area contributed by atoms with Crippen molar-refractivity contribution in [3.05, 3.63) is 59.7 Å². The number of rotatable bonds is 7. The van der Waals surface area contributed by atoms with E-state index in [2.05, 4.69) is 39.5 Å². The van der Waals surface area contributed by atoms with Crippen LogP contribution in [0.15, 0.2) is 53.5 Å². The first-order valence-corrected chi connectivity index (χ1v) is 10.5. The Balaban J connectivity index is 1.26. The van der Waals surface area contributed by atoms with Crippen molar-refractivity contribution in [2.45, 2.75) is 44.4 Å². The molecule has 1 amide bonds. The molecule has 0 aliphatic carbocycles. The van der Waals surface area contributed by atoms with Crippen molar-refractivity contribution in [2.75, 3.05) is 25.0 Å². The fraction of sp³-hybridized carbons (Fsp3) is 0.417. The van der Waals surface area contributed by atoms with Crippen molar-refractivity contribution in [3.8, 4) is 0 Å². The molecule has 146 valence electrons. The van der Waals surface area contributed by atoms with Gasteiger partial charge in [0.2, 0.25) is 5.91 Å². The van der Waals surface area contributed by atoms with Gasteiger partial charge in [-0.1, -0.05) is 36.8 Å². The number of hydrogen-bond donors (Lipinski definition) is 1. The first kappa shape index (κ1) is 18.9. The lowest BCUT2D eigenvalue weighted by Crippen LogP contribution is -2.30. The number of unbranched alkanes of at least 4 members (excludes halogenated alkanes) is 1. The minimum atomic E-state index is -0.300. The lowest BCUT2D eigenvalue weighted by Gasteiger charge is -2.26. The number of nitrogens with zero attached hydrogens (tertiary/aromatic N) is 2. The van der Waals surface area contributed by atoms with Gasteiger partial charge in [-0.05, 0) is 81.1 Å². The first-order chi connectivity index (χ1) is 13.8. The van der Waals surface area contributed by atoms with E-state index in [0.29, 0.717) is 0 Å². The van der Waals surface area contributed by atoms with Gasteiger partial charge < -0.3 is 10.2 Å². The number of aliphatic imine (C=N–C) groups is 1. The van der Waals surface area contributed by atoms with Crippen LogP contribution in [0.3, 0.4) is 0 Å². The van der Waals surface area contributed by atoms with Crippen LogP contribution in [0.2, 0.25) is 0 Å². The van der Waals surface area contributed by atoms with Crippen molar-refractivity contribution < 1.29 is 4.79 Å². The predicted octanol–water partition coefficient (Wildman–Crippen LogP) is 4.93. The zero-order valence-corrected chi connectivity index (χ0v) is 16.4. The van der Waals surface area contributed by atoms with E-state index in [1.165, 1.54) is 57.3 Å². The highest BCUT2D eigenvalue weighted by molar-refractivity contribution is 6.12. The maximum atomic E-state index is 12.2. The summed E-state index contributed by atoms with van der Waals surface area (Å²) in [7, 11) is 0. The molecule has 4 nitrogen and oxygen atoms in total. The molecule has 0 spiro atoms. The predicted molar refractivity (Wildman–Crippen MR) is 116 cm³/mol. The lowest BCUT2D eigenvalue weighted by molar-refractivity contribution is -0.115. The molecule has 1 fully saturated rings. The van der Waals surface area contributed by atoms with Crippen LogP contribution >= 0.6 is 0 Å². The maximum Gasteiger partial charge on any atom is 0.237 e. The second-order valence-electron chi connectivity index (χ2n) is 7.86. The molecule has 4 rings (SSSR count). The molecule has 0 saturated carbocycles. The molecular formula is C24H29N3O. The zero-order chi connectivity index (χ0) is 19.2. The van der Waals surface area contributed by atoms with Crippen LogP contribution in [-0.2, 0) is 11.2 Å². The molecule has 2 aromatic carbocycles. The number of amides is 1. The molecule has 0 aromatic heterocycles. The molecule has 2 aromatic rings. The van der Waals surface area contributed by atoms with Gasteiger partial charge in [-0.15, -0.1) is 0 Å². The van der Waals surface area contributed by atoms with Gasteiger partial charge in [0.15, 0.2) is 0 Å². The van der Waals surface area contributed by atoms with Crippen molar-refractivity contribution in [3.63, 3.8) is 0 Å². The number of nitrogens with one attached hydrogen (secondary N) is 1. The summed E-state index contributed by atoms with van der Waals surface area (Å²) in [6.07, 6.45) is 9.54. The van der Waals surface area contributed by atoms with Crippen LogP contribution in [0.1, 0.15) is 49.1 Å². The number of para-hydroxylation sites is 1. The van der Waals surface area contributed by atoms with Crippen LogP contribution < -0.4 is 5.32 Å². The summed E-state index contributed by atoms with van der Waals surface area (Å²) in [6.45, 7) is 3.82. The lowest BCUT2D eigenvalue weighted by atomic mass is 10.0. The largest absolute Gasteiger partial charge is 0.325 e. The number of fused-ring (bicyclic) bond motifs is 1. The third kappa shape index (κ3) is 4.68. The number of piperidine rings is 1. The summed E-state index contributed by atoms with van der Waals surface area (Å²) >= 11 is 0. The van der Waals surface area contributed by atoms with E-state index < -0.39 is 0 Å². The van der Waals surface area contributed by atoms with E-state index in [4.69, 9.17) is 0 Å². The molecule has 1 atom stereocenters. The van der Waals surface area contributed by atoms with Crippen molar-refractivity contribution in [2.24, 2.45) is 4.99 Å². The number of hydrogen-bond acceptors (Lipinski definition) is 3. The van der Waals surface area contributed by atoms with Gasteiger partial charge in [0, 0.05) is 11.9 Å². The Labute approximate surface area is 167 Å². The molecule has 4 heteroatoms. The Morgan fingerprint density at radius 1 is 1.00 bits per heavy atom. The Morgan fingerprint density at radius 3 is 2.61 bits per heavy atom. The number of carbonyl (C=O) groups is 1. The SMILES string of the molecule is O=C1Nc2ccccc2C1C=Nc1ccc(CCCCN2CCCCC2)cc1. The number of anilines is 1. The number of benzene rings is 2. The van der Waals surface area contributed by atoms with Crippen LogP contribution in [0.25, 0.3) is 0 Å². The summed E-state index contributed by atoms with van der Waals surface area (Å²) in [4.78, 5) is 19.3. The van der Waals surface area contributed by atoms with Gasteiger partial charge >= 0.3 is 0 Å². The van der Waals surface area contributed by atoms with Crippen molar-refractivity contribution in [1.82, 2.24) is 4.90 Å². The number of likely N-dealkylation sites (tertiary alicyclic amines) is 1. The number of aryl methyl sites for hydroxylation is 1. The van der Waals surface area contributed by atoms with Crippen LogP contribution in [0.5, 0.6) is 0 Å². The van der Waals surface area contributed by atoms with E-state index in [-0.39, 0.29) is 11.8 Å². The summed E-state index contributed by atoms with van der Waals surface area (Å²) in [5, 5.41) is 2.91. The van der Waals surface area contributed by atoms with Gasteiger partial charge in [-0.2, -0.15) is 0 Å². The second kappa shape index (κ2) is 9.16. The van der Waals surface area contributed by atoms with E-state index in [9.17, 15) is 4.79 Å².